The van der Waals surface area contributed by atoms with Crippen molar-refractivity contribution >= 4 is 22.8 Å². The van der Waals surface area contributed by atoms with Gasteiger partial charge in [0.25, 0.3) is 0 Å². The second-order valence-electron chi connectivity index (χ2n) is 11.3. The van der Waals surface area contributed by atoms with E-state index >= 15 is 0 Å². The van der Waals surface area contributed by atoms with Crippen LogP contribution in [0.5, 0.6) is 0 Å². The second kappa shape index (κ2) is 9.30. The number of rotatable bonds is 3. The molecule has 1 atom stereocenters. The summed E-state index contributed by atoms with van der Waals surface area (Å²) in [7, 11) is 0. The Kier molecular flexibility index (Phi) is 6.28. The number of hydrogen-bond acceptors (Lipinski definition) is 8. The van der Waals surface area contributed by atoms with E-state index in [1.807, 2.05) is 31.5 Å². The average molecular weight is 503 g/mol. The molecule has 0 bridgehead atoms. The zero-order valence-corrected chi connectivity index (χ0v) is 22.2. The molecule has 37 heavy (non-hydrogen) atoms. The number of carbonyl (C=O) groups excluding carboxylic acids is 1. The third kappa shape index (κ3) is 4.71. The van der Waals surface area contributed by atoms with Gasteiger partial charge in [-0.05, 0) is 59.6 Å². The Morgan fingerprint density at radius 2 is 1.95 bits per heavy atom. The molecule has 5 rings (SSSR count). The number of piperazine rings is 1. The molecule has 10 heteroatoms. The van der Waals surface area contributed by atoms with E-state index in [2.05, 4.69) is 40.1 Å². The van der Waals surface area contributed by atoms with Crippen molar-refractivity contribution < 1.29 is 9.53 Å². The van der Waals surface area contributed by atoms with Gasteiger partial charge in [-0.2, -0.15) is 5.26 Å². The summed E-state index contributed by atoms with van der Waals surface area (Å²) >= 11 is 0. The predicted molar refractivity (Wildman–Crippen MR) is 141 cm³/mol. The molecule has 0 aromatic carbocycles. The normalized spacial score (nSPS) is 19.7. The molecule has 5 heterocycles. The van der Waals surface area contributed by atoms with Crippen molar-refractivity contribution in [2.45, 2.75) is 64.6 Å². The molecule has 0 radical (unpaired) electrons. The van der Waals surface area contributed by atoms with Crippen LogP contribution in [-0.2, 0) is 4.74 Å². The number of amides is 1. The highest BCUT2D eigenvalue weighted by Crippen LogP contribution is 2.42. The number of pyridine rings is 1. The molecule has 1 amide bonds. The summed E-state index contributed by atoms with van der Waals surface area (Å²) in [4.78, 5) is 31.6. The van der Waals surface area contributed by atoms with Crippen LogP contribution in [0.15, 0.2) is 30.9 Å². The number of fused-ring (bicyclic) bond motifs is 1. The highest BCUT2D eigenvalue weighted by atomic mass is 16.6. The Morgan fingerprint density at radius 1 is 1.19 bits per heavy atom. The van der Waals surface area contributed by atoms with E-state index in [-0.39, 0.29) is 6.09 Å². The summed E-state index contributed by atoms with van der Waals surface area (Å²) in [5, 5.41) is 13.9. The van der Waals surface area contributed by atoms with Crippen molar-refractivity contribution in [3.63, 3.8) is 0 Å². The van der Waals surface area contributed by atoms with Gasteiger partial charge in [0.1, 0.15) is 17.7 Å². The zero-order valence-electron chi connectivity index (χ0n) is 22.2. The van der Waals surface area contributed by atoms with Crippen molar-refractivity contribution in [3.05, 3.63) is 42.1 Å². The van der Waals surface area contributed by atoms with E-state index in [1.165, 1.54) is 0 Å². The van der Waals surface area contributed by atoms with Crippen LogP contribution in [0.3, 0.4) is 0 Å². The zero-order chi connectivity index (χ0) is 26.4. The number of carbonyl (C=O) groups is 1. The maximum atomic E-state index is 13.4. The first-order valence-corrected chi connectivity index (χ1v) is 12.8. The van der Waals surface area contributed by atoms with E-state index in [4.69, 9.17) is 9.72 Å². The number of hydrogen-bond donors (Lipinski definition) is 1. The Morgan fingerprint density at radius 3 is 2.65 bits per heavy atom. The van der Waals surface area contributed by atoms with E-state index < -0.39 is 17.2 Å². The van der Waals surface area contributed by atoms with Crippen LogP contribution < -0.4 is 10.2 Å². The fourth-order valence-corrected chi connectivity index (χ4v) is 5.39. The number of anilines is 1. The molecule has 2 aliphatic rings. The van der Waals surface area contributed by atoms with Crippen LogP contribution in [0.1, 0.15) is 64.8 Å². The molecule has 194 valence electrons. The monoisotopic (exact) mass is 502 g/mol. The minimum atomic E-state index is -0.612. The summed E-state index contributed by atoms with van der Waals surface area (Å²) in [6.45, 7) is 12.8. The largest absolute Gasteiger partial charge is 0.444 e. The number of nitrogens with zero attached hydrogens (tertiary/aromatic N) is 7. The fraction of sp³-hybridized carbons (Fsp3) is 0.519. The van der Waals surface area contributed by atoms with Crippen molar-refractivity contribution in [2.24, 2.45) is 0 Å². The third-order valence-electron chi connectivity index (χ3n) is 6.98. The molecule has 3 aromatic rings. The molecule has 2 aliphatic heterocycles. The summed E-state index contributed by atoms with van der Waals surface area (Å²) < 4.78 is 7.75. The lowest BCUT2D eigenvalue weighted by Gasteiger charge is -2.47. The summed E-state index contributed by atoms with van der Waals surface area (Å²) in [6, 6.07) is 5.25. The minimum absolute atomic E-state index is 0.357. The standard InChI is InChI=1S/C27H34N8O2/c1-26(2,3)37-25(36)34-13-10-32-27(4,5)23(34)22-21-19(33-11-6-7-12-33)16-35(24(21)31-17-30-22)20-14-18(15-28)8-9-29-20/h8-9,14,16-17,23,32H,6-7,10-13H2,1-5H3. The second-order valence-corrected chi connectivity index (χ2v) is 11.3. The van der Waals surface area contributed by atoms with Gasteiger partial charge in [0.15, 0.2) is 5.65 Å². The molecule has 0 saturated carbocycles. The van der Waals surface area contributed by atoms with Crippen molar-refractivity contribution in [2.75, 3.05) is 31.1 Å². The molecule has 1 N–H and O–H groups in total. The smallest absolute Gasteiger partial charge is 0.410 e. The Hall–Kier alpha value is -3.71. The molecule has 0 spiro atoms. The first kappa shape index (κ1) is 25.0. The van der Waals surface area contributed by atoms with Crippen LogP contribution in [0.4, 0.5) is 10.5 Å². The highest BCUT2D eigenvalue weighted by Gasteiger charge is 2.44. The van der Waals surface area contributed by atoms with Crippen LogP contribution in [0.2, 0.25) is 0 Å². The quantitative estimate of drug-likeness (QED) is 0.573. The predicted octanol–water partition coefficient (Wildman–Crippen LogP) is 3.95. The fourth-order valence-electron chi connectivity index (χ4n) is 5.39. The van der Waals surface area contributed by atoms with E-state index in [9.17, 15) is 10.1 Å². The Labute approximate surface area is 217 Å². The average Bonchev–Trinajstić information content (AvgIpc) is 3.50. The Bertz CT molecular complexity index is 1360. The Balaban J connectivity index is 1.72. The molecular weight excluding hydrogens is 468 g/mol. The third-order valence-corrected chi connectivity index (χ3v) is 6.98. The lowest BCUT2D eigenvalue weighted by atomic mass is 9.87. The van der Waals surface area contributed by atoms with Gasteiger partial charge in [0.2, 0.25) is 0 Å². The molecule has 3 aromatic heterocycles. The van der Waals surface area contributed by atoms with Crippen LogP contribution in [-0.4, -0.2) is 67.8 Å². The van der Waals surface area contributed by atoms with Gasteiger partial charge in [-0.1, -0.05) is 0 Å². The summed E-state index contributed by atoms with van der Waals surface area (Å²) in [6.07, 6.45) is 7.09. The van der Waals surface area contributed by atoms with Gasteiger partial charge in [-0.15, -0.1) is 0 Å². The molecule has 10 nitrogen and oxygen atoms in total. The van der Waals surface area contributed by atoms with Crippen LogP contribution in [0.25, 0.3) is 16.9 Å². The summed E-state index contributed by atoms with van der Waals surface area (Å²) in [5.41, 5.74) is 1.92. The van der Waals surface area contributed by atoms with Gasteiger partial charge in [0.05, 0.1) is 34.4 Å². The van der Waals surface area contributed by atoms with Crippen LogP contribution in [0, 0.1) is 11.3 Å². The number of ether oxygens (including phenoxy) is 1. The first-order valence-electron chi connectivity index (χ1n) is 12.8. The lowest BCUT2D eigenvalue weighted by Crippen LogP contribution is -2.61. The molecule has 0 aliphatic carbocycles. The minimum Gasteiger partial charge on any atom is -0.444 e. The maximum Gasteiger partial charge on any atom is 0.410 e. The molecule has 1 unspecified atom stereocenters. The number of nitrogens with one attached hydrogen (secondary N) is 1. The maximum absolute atomic E-state index is 13.4. The number of nitriles is 1. The van der Waals surface area contributed by atoms with E-state index in [0.29, 0.717) is 30.1 Å². The molecule has 2 fully saturated rings. The van der Waals surface area contributed by atoms with Crippen molar-refractivity contribution in [1.82, 2.24) is 29.7 Å². The SMILES string of the molecule is CC(C)(C)OC(=O)N1CCNC(C)(C)C1c1ncnc2c1c(N1CCCC1)cn2-c1cc(C#N)ccn1. The van der Waals surface area contributed by atoms with Crippen LogP contribution >= 0.6 is 0 Å². The highest BCUT2D eigenvalue weighted by molar-refractivity contribution is 5.95. The van der Waals surface area contributed by atoms with Gasteiger partial charge in [0, 0.05) is 44.1 Å². The van der Waals surface area contributed by atoms with Crippen molar-refractivity contribution in [1.29, 1.82) is 5.26 Å². The van der Waals surface area contributed by atoms with Gasteiger partial charge >= 0.3 is 6.09 Å². The van der Waals surface area contributed by atoms with E-state index in [0.717, 1.165) is 42.7 Å². The molecule has 2 saturated heterocycles. The van der Waals surface area contributed by atoms with Crippen molar-refractivity contribution in [3.8, 4) is 11.9 Å². The van der Waals surface area contributed by atoms with Gasteiger partial charge < -0.3 is 15.0 Å². The van der Waals surface area contributed by atoms with Gasteiger partial charge in [-0.3, -0.25) is 9.47 Å². The lowest BCUT2D eigenvalue weighted by molar-refractivity contribution is -0.00488. The number of aromatic nitrogens is 4. The summed E-state index contributed by atoms with van der Waals surface area (Å²) in [5.74, 6) is 0.615. The first-order chi connectivity index (χ1) is 17.6. The van der Waals surface area contributed by atoms with E-state index in [1.54, 1.807) is 29.6 Å². The van der Waals surface area contributed by atoms with Gasteiger partial charge in [-0.25, -0.2) is 19.7 Å². The molecular formula is C27H34N8O2. The topological polar surface area (TPSA) is 112 Å².